The first-order valence-electron chi connectivity index (χ1n) is 1.97. The van der Waals surface area contributed by atoms with E-state index < -0.39 is 5.97 Å². The van der Waals surface area contributed by atoms with Crippen LogP contribution in [0.5, 0.6) is 0 Å². The smallest absolute Gasteiger partial charge is 0.0414 e. The Morgan fingerprint density at radius 2 is 2.14 bits per heavy atom. The largest absolute Gasteiger partial charge is 0.550 e. The zero-order chi connectivity index (χ0) is 4.99. The van der Waals surface area contributed by atoms with Gasteiger partial charge in [-0.2, -0.15) is 0 Å². The molecule has 0 aliphatic carbocycles. The summed E-state index contributed by atoms with van der Waals surface area (Å²) in [4.78, 5) is 9.49. The van der Waals surface area contributed by atoms with Gasteiger partial charge in [0.25, 0.3) is 0 Å². The van der Waals surface area contributed by atoms with E-state index in [0.717, 1.165) is 0 Å². The van der Waals surface area contributed by atoms with Gasteiger partial charge >= 0.3 is 0 Å². The number of carboxylic acids is 1. The van der Waals surface area contributed by atoms with Crippen LogP contribution in [0.15, 0.2) is 0 Å². The molecule has 0 heterocycles. The molecule has 0 fully saturated rings. The van der Waals surface area contributed by atoms with Crippen LogP contribution in [0.2, 0.25) is 0 Å². The zero-order valence-electron chi connectivity index (χ0n) is 4.14. The van der Waals surface area contributed by atoms with E-state index in [1.165, 1.54) is 0 Å². The van der Waals surface area contributed by atoms with Crippen molar-refractivity contribution in [2.24, 2.45) is 0 Å². The van der Waals surface area contributed by atoms with E-state index in [0.29, 0.717) is 6.42 Å². The quantitative estimate of drug-likeness (QED) is 0.517. The van der Waals surface area contributed by atoms with Crippen molar-refractivity contribution < 1.29 is 9.90 Å². The number of carboxylic acid groups (broad SMARTS) is 1. The number of hydrogen-bond donors (Lipinski definition) is 0. The lowest BCUT2D eigenvalue weighted by Crippen LogP contribution is -2.20. The number of aliphatic carboxylic acids is 1. The first-order valence-corrected chi connectivity index (χ1v) is 1.97. The maximum Gasteiger partial charge on any atom is 0.0414 e. The van der Waals surface area contributed by atoms with Crippen LogP contribution < -0.4 is 5.11 Å². The lowest BCUT2D eigenvalue weighted by Gasteiger charge is -1.92. The van der Waals surface area contributed by atoms with E-state index in [4.69, 9.17) is 0 Å². The Morgan fingerprint density at radius 1 is 1.71 bits per heavy atom. The second kappa shape index (κ2) is 5.76. The number of hydrogen-bond acceptors (Lipinski definition) is 2. The van der Waals surface area contributed by atoms with Crippen molar-refractivity contribution in [2.45, 2.75) is 19.8 Å². The van der Waals surface area contributed by atoms with Crippen LogP contribution in [0.1, 0.15) is 19.8 Å². The highest BCUT2D eigenvalue weighted by Crippen LogP contribution is 1.79. The summed E-state index contributed by atoms with van der Waals surface area (Å²) in [6, 6.07) is 0. The van der Waals surface area contributed by atoms with Crippen LogP contribution in [0, 0.1) is 0 Å². The van der Waals surface area contributed by atoms with Crippen LogP contribution in [0.4, 0.5) is 0 Å². The second-order valence-electron chi connectivity index (χ2n) is 1.12. The van der Waals surface area contributed by atoms with Gasteiger partial charge in [-0.05, 0) is 6.42 Å². The third-order valence-electron chi connectivity index (χ3n) is 0.454. The molecule has 7 heavy (non-hydrogen) atoms. The van der Waals surface area contributed by atoms with Crippen LogP contribution in [0.3, 0.4) is 0 Å². The molecule has 0 atom stereocenters. The van der Waals surface area contributed by atoms with Crippen LogP contribution >= 0.6 is 12.4 Å². The maximum atomic E-state index is 9.49. The molecule has 0 saturated carbocycles. The van der Waals surface area contributed by atoms with Gasteiger partial charge in [-0.25, -0.2) is 0 Å². The Bertz CT molecular complexity index is 53.7. The van der Waals surface area contributed by atoms with E-state index in [9.17, 15) is 9.90 Å². The van der Waals surface area contributed by atoms with Crippen molar-refractivity contribution in [1.82, 2.24) is 0 Å². The molecule has 3 heteroatoms. The molecule has 0 amide bonds. The molecule has 0 aromatic carbocycles. The summed E-state index contributed by atoms with van der Waals surface area (Å²) >= 11 is 0. The van der Waals surface area contributed by atoms with Gasteiger partial charge in [0.05, 0.1) is 0 Å². The van der Waals surface area contributed by atoms with Crippen LogP contribution in [-0.4, -0.2) is 5.97 Å². The molecule has 0 aromatic rings. The monoisotopic (exact) mass is 123 g/mol. The van der Waals surface area contributed by atoms with E-state index in [-0.39, 0.29) is 18.8 Å². The minimum Gasteiger partial charge on any atom is -0.550 e. The highest BCUT2D eigenvalue weighted by Gasteiger charge is 1.75. The fourth-order valence-electron chi connectivity index (χ4n) is 0.204. The van der Waals surface area contributed by atoms with Crippen LogP contribution in [-0.2, 0) is 4.79 Å². The minimum atomic E-state index is -0.961. The summed E-state index contributed by atoms with van der Waals surface area (Å²) in [6.07, 6.45) is 0.850. The second-order valence-corrected chi connectivity index (χ2v) is 1.12. The molecule has 0 aromatic heterocycles. The van der Waals surface area contributed by atoms with Crippen LogP contribution in [0.25, 0.3) is 0 Å². The molecular formula is C4H8ClO2-. The molecule has 0 saturated heterocycles. The van der Waals surface area contributed by atoms with Gasteiger partial charge in [-0.1, -0.05) is 13.3 Å². The van der Waals surface area contributed by atoms with Crippen molar-refractivity contribution in [3.05, 3.63) is 0 Å². The highest BCUT2D eigenvalue weighted by atomic mass is 35.5. The highest BCUT2D eigenvalue weighted by molar-refractivity contribution is 5.85. The molecule has 0 aliphatic heterocycles. The van der Waals surface area contributed by atoms with Gasteiger partial charge in [0, 0.05) is 5.97 Å². The molecule has 0 spiro atoms. The molecule has 2 nitrogen and oxygen atoms in total. The predicted molar refractivity (Wildman–Crippen MR) is 27.2 cm³/mol. The number of halogens is 1. The third-order valence-corrected chi connectivity index (χ3v) is 0.454. The molecule has 44 valence electrons. The Hall–Kier alpha value is -0.240. The standard InChI is InChI=1S/C4H8O2.ClH/c1-2-3-4(5)6;/h2-3H2,1H3,(H,5,6);1H/p-1. The average molecular weight is 124 g/mol. The molecule has 0 aliphatic rings. The van der Waals surface area contributed by atoms with Crippen molar-refractivity contribution in [3.63, 3.8) is 0 Å². The van der Waals surface area contributed by atoms with E-state index in [1.54, 1.807) is 6.92 Å². The van der Waals surface area contributed by atoms with Gasteiger partial charge in [0.1, 0.15) is 0 Å². The predicted octanol–water partition coefficient (Wildman–Crippen LogP) is -0.0418. The fraction of sp³-hybridized carbons (Fsp3) is 0.750. The van der Waals surface area contributed by atoms with E-state index in [1.807, 2.05) is 0 Å². The summed E-state index contributed by atoms with van der Waals surface area (Å²) in [7, 11) is 0. The van der Waals surface area contributed by atoms with E-state index >= 15 is 0 Å². The normalized spacial score (nSPS) is 7.00. The Labute approximate surface area is 48.9 Å². The molecule has 0 bridgehead atoms. The Morgan fingerprint density at radius 3 is 2.14 bits per heavy atom. The van der Waals surface area contributed by atoms with E-state index in [2.05, 4.69) is 0 Å². The van der Waals surface area contributed by atoms with Gasteiger partial charge < -0.3 is 9.90 Å². The van der Waals surface area contributed by atoms with Crippen molar-refractivity contribution in [2.75, 3.05) is 0 Å². The molecular weight excluding hydrogens is 115 g/mol. The van der Waals surface area contributed by atoms with Crippen molar-refractivity contribution in [3.8, 4) is 0 Å². The first-order chi connectivity index (χ1) is 2.77. The number of rotatable bonds is 2. The summed E-state index contributed by atoms with van der Waals surface area (Å²) < 4.78 is 0. The molecule has 0 radical (unpaired) electrons. The molecule has 0 rings (SSSR count). The Balaban J connectivity index is 0. The molecule has 0 N–H and O–H groups in total. The van der Waals surface area contributed by atoms with Gasteiger partial charge in [-0.3, -0.25) is 0 Å². The van der Waals surface area contributed by atoms with Gasteiger partial charge in [-0.15, -0.1) is 12.4 Å². The Kier molecular flexibility index (Phi) is 8.15. The topological polar surface area (TPSA) is 40.1 Å². The average Bonchev–Trinajstić information content (AvgIpc) is 1.35. The lowest BCUT2D eigenvalue weighted by atomic mass is 10.4. The third kappa shape index (κ3) is 10.7. The molecule has 0 unspecified atom stereocenters. The van der Waals surface area contributed by atoms with Gasteiger partial charge in [0.15, 0.2) is 0 Å². The summed E-state index contributed by atoms with van der Waals surface area (Å²) in [5.74, 6) is -0.961. The summed E-state index contributed by atoms with van der Waals surface area (Å²) in [6.45, 7) is 1.80. The first kappa shape index (κ1) is 9.90. The van der Waals surface area contributed by atoms with Crippen molar-refractivity contribution >= 4 is 18.4 Å². The van der Waals surface area contributed by atoms with Crippen molar-refractivity contribution in [1.29, 1.82) is 0 Å². The minimum absolute atomic E-state index is 0. The number of carbonyl (C=O) groups is 1. The fourth-order valence-corrected chi connectivity index (χ4v) is 0.204. The maximum absolute atomic E-state index is 9.49. The zero-order valence-corrected chi connectivity index (χ0v) is 4.96. The summed E-state index contributed by atoms with van der Waals surface area (Å²) in [5.41, 5.74) is 0. The SMILES string of the molecule is CCCC(=O)[O-].Cl. The number of carbonyl (C=O) groups excluding carboxylic acids is 1. The lowest BCUT2D eigenvalue weighted by molar-refractivity contribution is -0.305. The summed E-state index contributed by atoms with van der Waals surface area (Å²) in [5, 5.41) is 9.49. The van der Waals surface area contributed by atoms with Gasteiger partial charge in [0.2, 0.25) is 0 Å².